The number of benzene rings is 1. The van der Waals surface area contributed by atoms with Crippen molar-refractivity contribution < 1.29 is 4.39 Å². The van der Waals surface area contributed by atoms with Gasteiger partial charge >= 0.3 is 0 Å². The Labute approximate surface area is 103 Å². The van der Waals surface area contributed by atoms with E-state index in [9.17, 15) is 4.39 Å². The Balaban J connectivity index is 2.06. The van der Waals surface area contributed by atoms with Crippen molar-refractivity contribution in [3.05, 3.63) is 53.7 Å². The second kappa shape index (κ2) is 5.75. The lowest BCUT2D eigenvalue weighted by Crippen LogP contribution is -1.98. The number of nitrogens with zero attached hydrogens (tertiary/aromatic N) is 2. The van der Waals surface area contributed by atoms with Crippen LogP contribution in [-0.2, 0) is 12.3 Å². The topological polar surface area (TPSA) is 51.8 Å². The van der Waals surface area contributed by atoms with Gasteiger partial charge in [-0.1, -0.05) is 6.07 Å². The number of nitrogens with two attached hydrogens (primary N) is 1. The lowest BCUT2D eigenvalue weighted by molar-refractivity contribution is 0.624. The molecule has 1 aromatic carbocycles. The van der Waals surface area contributed by atoms with Crippen LogP contribution in [0.25, 0.3) is 0 Å². The van der Waals surface area contributed by atoms with Crippen LogP contribution in [-0.4, -0.2) is 9.97 Å². The van der Waals surface area contributed by atoms with Gasteiger partial charge < -0.3 is 5.73 Å². The first kappa shape index (κ1) is 12.0. The minimum Gasteiger partial charge on any atom is -0.326 e. The molecule has 0 fully saturated rings. The number of thioether (sulfide) groups is 1. The number of hydrogen-bond acceptors (Lipinski definition) is 4. The molecule has 1 aromatic heterocycles. The Morgan fingerprint density at radius 2 is 2.00 bits per heavy atom. The van der Waals surface area contributed by atoms with Gasteiger partial charge in [0.25, 0.3) is 0 Å². The van der Waals surface area contributed by atoms with Crippen LogP contribution in [0.4, 0.5) is 4.39 Å². The zero-order chi connectivity index (χ0) is 12.1. The van der Waals surface area contributed by atoms with Gasteiger partial charge in [0.1, 0.15) is 10.8 Å². The van der Waals surface area contributed by atoms with Gasteiger partial charge in [0.15, 0.2) is 0 Å². The van der Waals surface area contributed by atoms with Crippen LogP contribution >= 0.6 is 11.8 Å². The maximum absolute atomic E-state index is 13.2. The Bertz CT molecular complexity index is 490. The molecule has 0 saturated carbocycles. The lowest BCUT2D eigenvalue weighted by Gasteiger charge is -2.04. The molecule has 17 heavy (non-hydrogen) atoms. The average molecular weight is 249 g/mol. The highest BCUT2D eigenvalue weighted by Crippen LogP contribution is 2.21. The SMILES string of the molecule is NCc1cc(F)cc(CSc2cnccn2)c1. The van der Waals surface area contributed by atoms with Gasteiger partial charge in [0.2, 0.25) is 0 Å². The van der Waals surface area contributed by atoms with E-state index in [-0.39, 0.29) is 5.82 Å². The van der Waals surface area contributed by atoms with Gasteiger partial charge in [-0.05, 0) is 23.3 Å². The van der Waals surface area contributed by atoms with E-state index in [0.29, 0.717) is 12.3 Å². The van der Waals surface area contributed by atoms with Gasteiger partial charge in [0.05, 0.1) is 6.20 Å². The smallest absolute Gasteiger partial charge is 0.123 e. The van der Waals surface area contributed by atoms with E-state index in [1.165, 1.54) is 23.9 Å². The van der Waals surface area contributed by atoms with Crippen molar-refractivity contribution in [2.75, 3.05) is 0 Å². The molecule has 0 amide bonds. The zero-order valence-corrected chi connectivity index (χ0v) is 9.95. The maximum Gasteiger partial charge on any atom is 0.123 e. The summed E-state index contributed by atoms with van der Waals surface area (Å²) in [5.41, 5.74) is 7.21. The van der Waals surface area contributed by atoms with E-state index in [4.69, 9.17) is 5.73 Å². The number of aromatic nitrogens is 2. The largest absolute Gasteiger partial charge is 0.326 e. The summed E-state index contributed by atoms with van der Waals surface area (Å²) in [6.45, 7) is 0.348. The van der Waals surface area contributed by atoms with Crippen LogP contribution in [0, 0.1) is 5.82 Å². The van der Waals surface area contributed by atoms with E-state index >= 15 is 0 Å². The van der Waals surface area contributed by atoms with Crippen molar-refractivity contribution >= 4 is 11.8 Å². The molecule has 0 aliphatic carbocycles. The van der Waals surface area contributed by atoms with Crippen molar-refractivity contribution in [2.24, 2.45) is 5.73 Å². The fourth-order valence-electron chi connectivity index (χ4n) is 1.44. The van der Waals surface area contributed by atoms with Crippen LogP contribution in [0.5, 0.6) is 0 Å². The molecule has 0 radical (unpaired) electrons. The Morgan fingerprint density at radius 1 is 1.18 bits per heavy atom. The van der Waals surface area contributed by atoms with Gasteiger partial charge in [-0.2, -0.15) is 0 Å². The average Bonchev–Trinajstić information content (AvgIpc) is 2.37. The minimum absolute atomic E-state index is 0.248. The number of rotatable bonds is 4. The summed E-state index contributed by atoms with van der Waals surface area (Å²) in [7, 11) is 0. The molecule has 1 heterocycles. The third-order valence-electron chi connectivity index (χ3n) is 2.18. The second-order valence-corrected chi connectivity index (χ2v) is 4.50. The molecule has 0 saturated heterocycles. The van der Waals surface area contributed by atoms with Gasteiger partial charge in [-0.15, -0.1) is 11.8 Å². The van der Waals surface area contributed by atoms with E-state index in [0.717, 1.165) is 16.2 Å². The summed E-state index contributed by atoms with van der Waals surface area (Å²) in [6, 6.07) is 4.88. The molecule has 2 aromatic rings. The van der Waals surface area contributed by atoms with Crippen molar-refractivity contribution in [2.45, 2.75) is 17.3 Å². The Hall–Kier alpha value is -1.46. The van der Waals surface area contributed by atoms with Crippen molar-refractivity contribution in [3.63, 3.8) is 0 Å². The molecule has 88 valence electrons. The zero-order valence-electron chi connectivity index (χ0n) is 9.14. The maximum atomic E-state index is 13.2. The number of hydrogen-bond donors (Lipinski definition) is 1. The van der Waals surface area contributed by atoms with E-state index in [1.807, 2.05) is 6.07 Å². The van der Waals surface area contributed by atoms with E-state index in [1.54, 1.807) is 18.6 Å². The molecule has 0 atom stereocenters. The highest BCUT2D eigenvalue weighted by Gasteiger charge is 2.02. The van der Waals surface area contributed by atoms with Crippen LogP contribution in [0.15, 0.2) is 41.8 Å². The van der Waals surface area contributed by atoms with Crippen LogP contribution < -0.4 is 5.73 Å². The number of halogens is 1. The molecular formula is C12H12FN3S. The first-order chi connectivity index (χ1) is 8.28. The van der Waals surface area contributed by atoms with Crippen LogP contribution in [0.1, 0.15) is 11.1 Å². The third-order valence-corrected chi connectivity index (χ3v) is 3.16. The molecule has 0 aliphatic rings. The molecule has 2 rings (SSSR count). The summed E-state index contributed by atoms with van der Waals surface area (Å²) in [4.78, 5) is 8.11. The third kappa shape index (κ3) is 3.51. The summed E-state index contributed by atoms with van der Waals surface area (Å²) < 4.78 is 13.2. The first-order valence-electron chi connectivity index (χ1n) is 5.15. The predicted molar refractivity (Wildman–Crippen MR) is 65.9 cm³/mol. The van der Waals surface area contributed by atoms with Crippen molar-refractivity contribution in [1.82, 2.24) is 9.97 Å². The summed E-state index contributed by atoms with van der Waals surface area (Å²) in [5, 5.41) is 0.825. The molecule has 0 bridgehead atoms. The van der Waals surface area contributed by atoms with Crippen molar-refractivity contribution in [3.8, 4) is 0 Å². The molecule has 0 aliphatic heterocycles. The first-order valence-corrected chi connectivity index (χ1v) is 6.13. The fourth-order valence-corrected chi connectivity index (χ4v) is 2.19. The molecule has 3 nitrogen and oxygen atoms in total. The molecule has 2 N–H and O–H groups in total. The standard InChI is InChI=1S/C12H12FN3S/c13-11-4-9(6-14)3-10(5-11)8-17-12-7-15-1-2-16-12/h1-5,7H,6,8,14H2. The molecule has 0 unspecified atom stereocenters. The van der Waals surface area contributed by atoms with E-state index in [2.05, 4.69) is 9.97 Å². The van der Waals surface area contributed by atoms with Crippen LogP contribution in [0.2, 0.25) is 0 Å². The highest BCUT2D eigenvalue weighted by molar-refractivity contribution is 7.98. The lowest BCUT2D eigenvalue weighted by atomic mass is 10.1. The summed E-state index contributed by atoms with van der Waals surface area (Å²) in [5.74, 6) is 0.409. The Morgan fingerprint density at radius 3 is 2.71 bits per heavy atom. The fraction of sp³-hybridized carbons (Fsp3) is 0.167. The molecular weight excluding hydrogens is 237 g/mol. The predicted octanol–water partition coefficient (Wildman–Crippen LogP) is 2.37. The normalized spacial score (nSPS) is 10.5. The Kier molecular flexibility index (Phi) is 4.06. The highest BCUT2D eigenvalue weighted by atomic mass is 32.2. The minimum atomic E-state index is -0.248. The van der Waals surface area contributed by atoms with Crippen LogP contribution in [0.3, 0.4) is 0 Å². The van der Waals surface area contributed by atoms with Gasteiger partial charge in [-0.3, -0.25) is 4.98 Å². The van der Waals surface area contributed by atoms with Gasteiger partial charge in [-0.25, -0.2) is 9.37 Å². The summed E-state index contributed by atoms with van der Waals surface area (Å²) >= 11 is 1.52. The quantitative estimate of drug-likeness (QED) is 0.845. The van der Waals surface area contributed by atoms with E-state index < -0.39 is 0 Å². The van der Waals surface area contributed by atoms with Crippen molar-refractivity contribution in [1.29, 1.82) is 0 Å². The molecule has 0 spiro atoms. The monoisotopic (exact) mass is 249 g/mol. The molecule has 5 heteroatoms. The summed E-state index contributed by atoms with van der Waals surface area (Å²) in [6.07, 6.45) is 4.95. The van der Waals surface area contributed by atoms with Gasteiger partial charge in [0, 0.05) is 24.7 Å². The second-order valence-electron chi connectivity index (χ2n) is 3.50.